The van der Waals surface area contributed by atoms with Gasteiger partial charge in [-0.2, -0.15) is 0 Å². The number of rotatable bonds is 7. The number of halogens is 1. The molecule has 1 aromatic heterocycles. The fraction of sp³-hybridized carbons (Fsp3) is 0.333. The zero-order chi connectivity index (χ0) is 23.4. The number of nitrogens with two attached hydrogens (primary N) is 1. The minimum atomic E-state index is -0.928. The molecule has 2 amide bonds. The van der Waals surface area contributed by atoms with Crippen LogP contribution in [0.25, 0.3) is 0 Å². The maximum absolute atomic E-state index is 12.9. The largest absolute Gasteiger partial charge is 0.433 e. The number of benzene rings is 1. The van der Waals surface area contributed by atoms with E-state index in [9.17, 15) is 19.2 Å². The SMILES string of the molecule is CCOC1OC(=O)C[C@@H]1NC(=O)[C@@H](C)n1cccc(NC(=O)c2ccc(N)c(Cl)c2)c1=O. The third-order valence-electron chi connectivity index (χ3n) is 4.90. The van der Waals surface area contributed by atoms with Crippen molar-refractivity contribution in [2.24, 2.45) is 0 Å². The number of cyclic esters (lactones) is 1. The second-order valence-electron chi connectivity index (χ2n) is 7.13. The van der Waals surface area contributed by atoms with Crippen LogP contribution in [-0.2, 0) is 19.1 Å². The van der Waals surface area contributed by atoms with Crippen LogP contribution in [0.15, 0.2) is 41.3 Å². The van der Waals surface area contributed by atoms with E-state index >= 15 is 0 Å². The number of nitrogens with one attached hydrogen (secondary N) is 2. The van der Waals surface area contributed by atoms with Gasteiger partial charge < -0.3 is 30.4 Å². The predicted octanol–water partition coefficient (Wildman–Crippen LogP) is 1.69. The summed E-state index contributed by atoms with van der Waals surface area (Å²) in [5, 5.41) is 5.42. The van der Waals surface area contributed by atoms with Crippen LogP contribution in [0.2, 0.25) is 5.02 Å². The Kier molecular flexibility index (Phi) is 7.16. The number of nitrogens with zero attached hydrogens (tertiary/aromatic N) is 1. The van der Waals surface area contributed by atoms with Crippen molar-refractivity contribution in [1.29, 1.82) is 0 Å². The number of anilines is 2. The summed E-state index contributed by atoms with van der Waals surface area (Å²) in [4.78, 5) is 49.7. The third kappa shape index (κ3) is 5.09. The van der Waals surface area contributed by atoms with Crippen molar-refractivity contribution >= 4 is 40.8 Å². The van der Waals surface area contributed by atoms with Gasteiger partial charge in [0.1, 0.15) is 17.8 Å². The normalized spacial score (nSPS) is 18.7. The maximum Gasteiger partial charge on any atom is 0.310 e. The van der Waals surface area contributed by atoms with E-state index in [1.54, 1.807) is 6.92 Å². The molecule has 10 nitrogen and oxygen atoms in total. The molecule has 3 rings (SSSR count). The number of aromatic nitrogens is 1. The molecule has 0 bridgehead atoms. The van der Waals surface area contributed by atoms with E-state index in [4.69, 9.17) is 26.8 Å². The monoisotopic (exact) mass is 462 g/mol. The number of hydrogen-bond donors (Lipinski definition) is 3. The zero-order valence-electron chi connectivity index (χ0n) is 17.5. The molecule has 3 atom stereocenters. The van der Waals surface area contributed by atoms with Gasteiger partial charge in [-0.1, -0.05) is 11.6 Å². The summed E-state index contributed by atoms with van der Waals surface area (Å²) in [6, 6.07) is 5.73. The molecule has 4 N–H and O–H groups in total. The van der Waals surface area contributed by atoms with Crippen LogP contribution >= 0.6 is 11.6 Å². The van der Waals surface area contributed by atoms with Crippen molar-refractivity contribution in [3.63, 3.8) is 0 Å². The van der Waals surface area contributed by atoms with E-state index in [0.29, 0.717) is 12.3 Å². The van der Waals surface area contributed by atoms with E-state index in [1.165, 1.54) is 48.0 Å². The van der Waals surface area contributed by atoms with Crippen molar-refractivity contribution in [3.8, 4) is 0 Å². The van der Waals surface area contributed by atoms with Crippen LogP contribution in [0.3, 0.4) is 0 Å². The summed E-state index contributed by atoms with van der Waals surface area (Å²) in [6.45, 7) is 3.57. The van der Waals surface area contributed by atoms with Gasteiger partial charge in [-0.3, -0.25) is 19.2 Å². The second-order valence-corrected chi connectivity index (χ2v) is 7.54. The highest BCUT2D eigenvalue weighted by atomic mass is 35.5. The topological polar surface area (TPSA) is 142 Å². The molecule has 32 heavy (non-hydrogen) atoms. The molecule has 2 aromatic rings. The second kappa shape index (κ2) is 9.84. The summed E-state index contributed by atoms with van der Waals surface area (Å²) < 4.78 is 11.5. The smallest absolute Gasteiger partial charge is 0.310 e. The highest BCUT2D eigenvalue weighted by Gasteiger charge is 2.37. The lowest BCUT2D eigenvalue weighted by molar-refractivity contribution is -0.164. The van der Waals surface area contributed by atoms with Crippen molar-refractivity contribution < 1.29 is 23.9 Å². The van der Waals surface area contributed by atoms with Crippen molar-refractivity contribution in [1.82, 2.24) is 9.88 Å². The molecule has 0 spiro atoms. The van der Waals surface area contributed by atoms with E-state index in [1.807, 2.05) is 0 Å². The molecule has 1 aliphatic rings. The fourth-order valence-corrected chi connectivity index (χ4v) is 3.35. The Morgan fingerprint density at radius 1 is 1.34 bits per heavy atom. The standard InChI is InChI=1S/C21H23ClN4O6/c1-3-31-21-16(10-17(27)32-21)25-18(28)11(2)26-8-4-5-15(20(26)30)24-19(29)12-6-7-14(23)13(22)9-12/h4-9,11,16,21H,3,10,23H2,1-2H3,(H,24,29)(H,25,28)/t11-,16+,21?/m1/s1. The molecular formula is C21H23ClN4O6. The van der Waals surface area contributed by atoms with E-state index < -0.39 is 41.7 Å². The first kappa shape index (κ1) is 23.3. The molecule has 11 heteroatoms. The number of nitrogen functional groups attached to an aromatic ring is 1. The molecule has 1 unspecified atom stereocenters. The average Bonchev–Trinajstić information content (AvgIpc) is 3.09. The van der Waals surface area contributed by atoms with Crippen LogP contribution in [0.4, 0.5) is 11.4 Å². The lowest BCUT2D eigenvalue weighted by Gasteiger charge is -2.21. The molecule has 1 aliphatic heterocycles. The van der Waals surface area contributed by atoms with Gasteiger partial charge in [0.05, 0.1) is 17.1 Å². The van der Waals surface area contributed by atoms with Gasteiger partial charge in [-0.15, -0.1) is 0 Å². The molecule has 2 heterocycles. The lowest BCUT2D eigenvalue weighted by atomic mass is 10.2. The number of esters is 1. The van der Waals surface area contributed by atoms with Crippen LogP contribution in [0.1, 0.15) is 36.7 Å². The molecule has 1 aromatic carbocycles. The number of ether oxygens (including phenoxy) is 2. The zero-order valence-corrected chi connectivity index (χ0v) is 18.2. The lowest BCUT2D eigenvalue weighted by Crippen LogP contribution is -2.45. The van der Waals surface area contributed by atoms with Gasteiger partial charge in [0, 0.05) is 18.4 Å². The third-order valence-corrected chi connectivity index (χ3v) is 5.23. The predicted molar refractivity (Wildman–Crippen MR) is 117 cm³/mol. The highest BCUT2D eigenvalue weighted by molar-refractivity contribution is 6.33. The van der Waals surface area contributed by atoms with Gasteiger partial charge in [0.15, 0.2) is 0 Å². The summed E-state index contributed by atoms with van der Waals surface area (Å²) in [5.74, 6) is -1.54. The van der Waals surface area contributed by atoms with Gasteiger partial charge in [0.25, 0.3) is 11.5 Å². The Morgan fingerprint density at radius 3 is 2.78 bits per heavy atom. The van der Waals surface area contributed by atoms with E-state index in [2.05, 4.69) is 10.6 Å². The Balaban J connectivity index is 1.74. The maximum atomic E-state index is 12.9. The van der Waals surface area contributed by atoms with Gasteiger partial charge in [-0.05, 0) is 44.2 Å². The molecule has 0 radical (unpaired) electrons. The Hall–Kier alpha value is -3.37. The van der Waals surface area contributed by atoms with Gasteiger partial charge >= 0.3 is 5.97 Å². The highest BCUT2D eigenvalue weighted by Crippen LogP contribution is 2.20. The number of carbonyl (C=O) groups excluding carboxylic acids is 3. The minimum absolute atomic E-state index is 0.0170. The molecule has 0 saturated carbocycles. The van der Waals surface area contributed by atoms with Crippen LogP contribution in [0.5, 0.6) is 0 Å². The summed E-state index contributed by atoms with van der Waals surface area (Å²) >= 11 is 5.95. The summed E-state index contributed by atoms with van der Waals surface area (Å²) in [7, 11) is 0. The van der Waals surface area contributed by atoms with Gasteiger partial charge in [0.2, 0.25) is 12.2 Å². The van der Waals surface area contributed by atoms with Crippen LogP contribution in [-0.4, -0.2) is 41.3 Å². The van der Waals surface area contributed by atoms with Crippen molar-refractivity contribution in [2.75, 3.05) is 17.7 Å². The number of pyridine rings is 1. The van der Waals surface area contributed by atoms with E-state index in [-0.39, 0.29) is 22.7 Å². The first-order valence-corrected chi connectivity index (χ1v) is 10.3. The van der Waals surface area contributed by atoms with Crippen LogP contribution < -0.4 is 21.9 Å². The Morgan fingerprint density at radius 2 is 2.09 bits per heavy atom. The van der Waals surface area contributed by atoms with Crippen molar-refractivity contribution in [3.05, 3.63) is 57.5 Å². The average molecular weight is 463 g/mol. The Bertz CT molecular complexity index is 1100. The quantitative estimate of drug-likeness (QED) is 0.419. The molecule has 0 aliphatic carbocycles. The van der Waals surface area contributed by atoms with Gasteiger partial charge in [-0.25, -0.2) is 0 Å². The van der Waals surface area contributed by atoms with Crippen molar-refractivity contribution in [2.45, 2.75) is 38.6 Å². The number of carbonyl (C=O) groups is 3. The molecule has 1 fully saturated rings. The molecule has 1 saturated heterocycles. The number of amides is 2. The molecule has 170 valence electrons. The van der Waals surface area contributed by atoms with E-state index in [0.717, 1.165) is 0 Å². The minimum Gasteiger partial charge on any atom is -0.433 e. The molecular weight excluding hydrogens is 440 g/mol. The first-order chi connectivity index (χ1) is 15.2. The van der Waals surface area contributed by atoms with Crippen LogP contribution in [0, 0.1) is 0 Å². The summed E-state index contributed by atoms with van der Waals surface area (Å²) in [6.07, 6.45) is 0.523. The first-order valence-electron chi connectivity index (χ1n) is 9.90. The number of hydrogen-bond acceptors (Lipinski definition) is 7. The fourth-order valence-electron chi connectivity index (χ4n) is 3.17. The Labute approximate surface area is 188 Å². The summed E-state index contributed by atoms with van der Waals surface area (Å²) in [5.41, 5.74) is 5.60.